The summed E-state index contributed by atoms with van der Waals surface area (Å²) in [6.07, 6.45) is 0.933. The molecule has 1 aliphatic carbocycles. The summed E-state index contributed by atoms with van der Waals surface area (Å²) >= 11 is 1.34. The minimum absolute atomic E-state index is 0.00228. The molecule has 4 N–H and O–H groups in total. The highest BCUT2D eigenvalue weighted by Gasteiger charge is 2.36. The summed E-state index contributed by atoms with van der Waals surface area (Å²) in [5.41, 5.74) is 5.88. The lowest BCUT2D eigenvalue weighted by Crippen LogP contribution is -2.49. The fraction of sp³-hybridized carbons (Fsp3) is 0.360. The molecule has 6 rings (SSSR count). The number of thiophene rings is 1. The van der Waals surface area contributed by atoms with Crippen LogP contribution in [0.3, 0.4) is 0 Å². The number of amides is 3. The lowest BCUT2D eigenvalue weighted by Gasteiger charge is -2.27. The van der Waals surface area contributed by atoms with Crippen molar-refractivity contribution in [3.8, 4) is 21.8 Å². The zero-order valence-corrected chi connectivity index (χ0v) is 21.1. The summed E-state index contributed by atoms with van der Waals surface area (Å²) in [5.74, 6) is -0.216. The van der Waals surface area contributed by atoms with Crippen molar-refractivity contribution in [3.63, 3.8) is 0 Å². The summed E-state index contributed by atoms with van der Waals surface area (Å²) in [6.45, 7) is 3.69. The van der Waals surface area contributed by atoms with Crippen molar-refractivity contribution in [1.82, 2.24) is 30.8 Å². The average Bonchev–Trinajstić information content (AvgIpc) is 3.70. The van der Waals surface area contributed by atoms with Gasteiger partial charge in [0.05, 0.1) is 45.5 Å². The van der Waals surface area contributed by atoms with Gasteiger partial charge < -0.3 is 20.3 Å². The first-order valence-corrected chi connectivity index (χ1v) is 13.1. The third kappa shape index (κ3) is 4.31. The summed E-state index contributed by atoms with van der Waals surface area (Å²) in [4.78, 5) is 42.5. The number of morpholine rings is 1. The Morgan fingerprint density at radius 1 is 1.14 bits per heavy atom. The van der Waals surface area contributed by atoms with Gasteiger partial charge in [0.1, 0.15) is 5.69 Å². The average molecular weight is 522 g/mol. The standard InChI is InChI=1S/C25H27N7O4S/c1-26-14-7-8-31(13-14)24(34)18-6-5-17(37-18)22-20-21(28-29-22)15-3-2-4-16(19(15)23(20)33)27-25(35)30-32-9-11-36-12-10-32/h2-6,14,26H,7-13H2,1H3,(H,28,29)(H2,27,30,35). The highest BCUT2D eigenvalue weighted by molar-refractivity contribution is 7.17. The van der Waals surface area contributed by atoms with E-state index in [0.717, 1.165) is 17.8 Å². The van der Waals surface area contributed by atoms with Crippen LogP contribution in [-0.2, 0) is 4.74 Å². The number of hydrogen-bond acceptors (Lipinski definition) is 8. The van der Waals surface area contributed by atoms with Crippen LogP contribution in [0.2, 0.25) is 0 Å². The summed E-state index contributed by atoms with van der Waals surface area (Å²) in [6, 6.07) is 8.87. The molecule has 37 heavy (non-hydrogen) atoms. The molecule has 3 amide bonds. The summed E-state index contributed by atoms with van der Waals surface area (Å²) in [5, 5.41) is 15.3. The second-order valence-corrected chi connectivity index (χ2v) is 10.3. The maximum absolute atomic E-state index is 13.6. The Morgan fingerprint density at radius 3 is 2.76 bits per heavy atom. The van der Waals surface area contributed by atoms with E-state index in [0.29, 0.717) is 77.5 Å². The van der Waals surface area contributed by atoms with Gasteiger partial charge >= 0.3 is 6.03 Å². The molecule has 1 unspecified atom stereocenters. The molecule has 12 heteroatoms. The van der Waals surface area contributed by atoms with E-state index in [9.17, 15) is 14.4 Å². The Morgan fingerprint density at radius 2 is 1.97 bits per heavy atom. The zero-order chi connectivity index (χ0) is 25.5. The molecule has 11 nitrogen and oxygen atoms in total. The number of carbonyl (C=O) groups excluding carboxylic acids is 3. The molecule has 192 valence electrons. The Balaban J connectivity index is 1.23. The number of hydrogen-bond donors (Lipinski definition) is 4. The molecule has 1 aromatic carbocycles. The van der Waals surface area contributed by atoms with Crippen LogP contribution < -0.4 is 16.1 Å². The first-order chi connectivity index (χ1) is 18.0. The second kappa shape index (κ2) is 9.71. The molecule has 0 saturated carbocycles. The number of ether oxygens (including phenoxy) is 1. The first kappa shape index (κ1) is 23.8. The summed E-state index contributed by atoms with van der Waals surface area (Å²) in [7, 11) is 1.91. The molecule has 2 aliphatic heterocycles. The van der Waals surface area contributed by atoms with Crippen LogP contribution in [-0.4, -0.2) is 90.3 Å². The van der Waals surface area contributed by atoms with E-state index in [1.54, 1.807) is 23.2 Å². The highest BCUT2D eigenvalue weighted by atomic mass is 32.1. The normalized spacial score (nSPS) is 19.1. The number of nitrogens with one attached hydrogen (secondary N) is 4. The van der Waals surface area contributed by atoms with Crippen LogP contribution in [0.4, 0.5) is 10.5 Å². The van der Waals surface area contributed by atoms with Crippen molar-refractivity contribution in [2.24, 2.45) is 0 Å². The lowest BCUT2D eigenvalue weighted by molar-refractivity contribution is 0.0207. The molecular formula is C25H27N7O4S. The van der Waals surface area contributed by atoms with Crippen molar-refractivity contribution in [3.05, 3.63) is 46.3 Å². The minimum Gasteiger partial charge on any atom is -0.379 e. The van der Waals surface area contributed by atoms with Gasteiger partial charge in [-0.15, -0.1) is 11.3 Å². The molecule has 2 saturated heterocycles. The van der Waals surface area contributed by atoms with Crippen LogP contribution in [0.1, 0.15) is 32.0 Å². The highest BCUT2D eigenvalue weighted by Crippen LogP contribution is 2.44. The Kier molecular flexibility index (Phi) is 6.24. The number of rotatable bonds is 5. The zero-order valence-electron chi connectivity index (χ0n) is 20.3. The maximum atomic E-state index is 13.6. The number of likely N-dealkylation sites (N-methyl/N-ethyl adjacent to an activating group) is 1. The molecule has 2 fully saturated rings. The van der Waals surface area contributed by atoms with Crippen molar-refractivity contribution in [2.75, 3.05) is 51.8 Å². The Hall–Kier alpha value is -3.58. The smallest absolute Gasteiger partial charge is 0.333 e. The molecule has 0 radical (unpaired) electrons. The number of aromatic amines is 1. The number of benzene rings is 1. The molecule has 1 atom stereocenters. The number of anilines is 1. The molecule has 3 aromatic rings. The van der Waals surface area contributed by atoms with E-state index in [2.05, 4.69) is 26.3 Å². The topological polar surface area (TPSA) is 132 Å². The van der Waals surface area contributed by atoms with E-state index in [1.165, 1.54) is 11.3 Å². The first-order valence-electron chi connectivity index (χ1n) is 12.3. The Labute approximate surface area is 217 Å². The number of aromatic nitrogens is 2. The van der Waals surface area contributed by atoms with E-state index in [1.807, 2.05) is 24.1 Å². The van der Waals surface area contributed by atoms with Crippen LogP contribution in [0.5, 0.6) is 0 Å². The largest absolute Gasteiger partial charge is 0.379 e. The maximum Gasteiger partial charge on any atom is 0.333 e. The Bertz CT molecular complexity index is 1380. The predicted octanol–water partition coefficient (Wildman–Crippen LogP) is 2.15. The van der Waals surface area contributed by atoms with Gasteiger partial charge in [-0.05, 0) is 31.7 Å². The third-order valence-electron chi connectivity index (χ3n) is 7.01. The fourth-order valence-corrected chi connectivity index (χ4v) is 6.03. The lowest BCUT2D eigenvalue weighted by atomic mass is 10.1. The number of fused-ring (bicyclic) bond motifs is 3. The van der Waals surface area contributed by atoms with Gasteiger partial charge in [0.2, 0.25) is 0 Å². The van der Waals surface area contributed by atoms with Crippen LogP contribution in [0, 0.1) is 0 Å². The molecule has 0 spiro atoms. The van der Waals surface area contributed by atoms with Gasteiger partial charge in [-0.25, -0.2) is 9.80 Å². The van der Waals surface area contributed by atoms with E-state index < -0.39 is 6.03 Å². The SMILES string of the molecule is CNC1CCN(C(=O)c2ccc(-c3[nH]nc4c3C(=O)c3c(NC(=O)NN5CCOCC5)cccc3-4)s2)C1. The van der Waals surface area contributed by atoms with E-state index >= 15 is 0 Å². The number of likely N-dealkylation sites (tertiary alicyclic amines) is 1. The molecular weight excluding hydrogens is 494 g/mol. The number of H-pyrrole nitrogens is 1. The minimum atomic E-state index is -0.418. The van der Waals surface area contributed by atoms with E-state index in [-0.39, 0.29) is 11.7 Å². The predicted molar refractivity (Wildman–Crippen MR) is 139 cm³/mol. The van der Waals surface area contributed by atoms with Crippen molar-refractivity contribution in [2.45, 2.75) is 12.5 Å². The van der Waals surface area contributed by atoms with Crippen LogP contribution in [0.15, 0.2) is 30.3 Å². The van der Waals surface area contributed by atoms with E-state index in [4.69, 9.17) is 4.74 Å². The molecule has 4 heterocycles. The monoisotopic (exact) mass is 521 g/mol. The fourth-order valence-electron chi connectivity index (χ4n) is 5.05. The molecule has 0 bridgehead atoms. The number of carbonyl (C=O) groups is 3. The van der Waals surface area contributed by atoms with Crippen LogP contribution >= 0.6 is 11.3 Å². The number of urea groups is 1. The quantitative estimate of drug-likeness (QED) is 0.316. The van der Waals surface area contributed by atoms with Crippen molar-refractivity contribution >= 4 is 34.7 Å². The number of nitrogens with zero attached hydrogens (tertiary/aromatic N) is 3. The van der Waals surface area contributed by atoms with Gasteiger partial charge in [0, 0.05) is 37.8 Å². The second-order valence-electron chi connectivity index (χ2n) is 9.23. The number of hydrazine groups is 1. The third-order valence-corrected chi connectivity index (χ3v) is 8.10. The van der Waals surface area contributed by atoms with Gasteiger partial charge in [0.25, 0.3) is 5.91 Å². The number of ketones is 1. The van der Waals surface area contributed by atoms with Crippen molar-refractivity contribution in [1.29, 1.82) is 0 Å². The van der Waals surface area contributed by atoms with Gasteiger partial charge in [-0.1, -0.05) is 12.1 Å². The van der Waals surface area contributed by atoms with Crippen molar-refractivity contribution < 1.29 is 19.1 Å². The molecule has 2 aromatic heterocycles. The van der Waals surface area contributed by atoms with Gasteiger partial charge in [-0.2, -0.15) is 5.10 Å². The summed E-state index contributed by atoms with van der Waals surface area (Å²) < 4.78 is 5.31. The van der Waals surface area contributed by atoms with Gasteiger partial charge in [0.15, 0.2) is 5.78 Å². The molecule has 3 aliphatic rings. The van der Waals surface area contributed by atoms with Gasteiger partial charge in [-0.3, -0.25) is 20.1 Å². The van der Waals surface area contributed by atoms with Crippen LogP contribution in [0.25, 0.3) is 21.8 Å².